The fraction of sp³-hybridized carbons (Fsp3) is 0.429. The summed E-state index contributed by atoms with van der Waals surface area (Å²) in [6.07, 6.45) is 0. The lowest BCUT2D eigenvalue weighted by atomic mass is 10.1. The van der Waals surface area contributed by atoms with Crippen LogP contribution in [0.15, 0.2) is 29.2 Å². The highest BCUT2D eigenvalue weighted by Crippen LogP contribution is 2.17. The number of hydrogen-bond acceptors (Lipinski definition) is 3. The predicted molar refractivity (Wildman–Crippen MR) is 77.2 cm³/mol. The van der Waals surface area contributed by atoms with Crippen molar-refractivity contribution >= 4 is 10.0 Å². The van der Waals surface area contributed by atoms with Crippen LogP contribution in [0.2, 0.25) is 0 Å². The van der Waals surface area contributed by atoms with Gasteiger partial charge in [0.2, 0.25) is 10.0 Å². The molecule has 0 heterocycles. The SMILES string of the molecule is CC#CCNC(C)c1ccc(S(=O)(=O)N(C)C)cc1. The van der Waals surface area contributed by atoms with Gasteiger partial charge in [-0.3, -0.25) is 5.32 Å². The van der Waals surface area contributed by atoms with Crippen LogP contribution < -0.4 is 5.32 Å². The first-order valence-electron chi connectivity index (χ1n) is 6.05. The lowest BCUT2D eigenvalue weighted by Crippen LogP contribution is -2.22. The van der Waals surface area contributed by atoms with Crippen molar-refractivity contribution in [2.45, 2.75) is 24.8 Å². The molecule has 0 aliphatic rings. The molecule has 1 rings (SSSR count). The quantitative estimate of drug-likeness (QED) is 0.834. The van der Waals surface area contributed by atoms with E-state index in [0.717, 1.165) is 5.56 Å². The monoisotopic (exact) mass is 280 g/mol. The molecule has 0 bridgehead atoms. The molecule has 0 aliphatic carbocycles. The van der Waals surface area contributed by atoms with Crippen molar-refractivity contribution in [2.75, 3.05) is 20.6 Å². The van der Waals surface area contributed by atoms with Gasteiger partial charge in [-0.15, -0.1) is 5.92 Å². The molecule has 1 aromatic rings. The topological polar surface area (TPSA) is 49.4 Å². The smallest absolute Gasteiger partial charge is 0.242 e. The summed E-state index contributed by atoms with van der Waals surface area (Å²) in [6.45, 7) is 4.44. The molecule has 19 heavy (non-hydrogen) atoms. The standard InChI is InChI=1S/C14H20N2O2S/c1-5-6-11-15-12(2)13-7-9-14(10-8-13)19(17,18)16(3)4/h7-10,12,15H,11H2,1-4H3. The van der Waals surface area contributed by atoms with Crippen LogP contribution in [0.1, 0.15) is 25.5 Å². The Balaban J connectivity index is 2.84. The molecule has 5 heteroatoms. The molecular weight excluding hydrogens is 260 g/mol. The molecule has 0 amide bonds. The van der Waals surface area contributed by atoms with Gasteiger partial charge in [-0.05, 0) is 31.5 Å². The molecule has 0 saturated heterocycles. The van der Waals surface area contributed by atoms with Crippen LogP contribution in [-0.2, 0) is 10.0 Å². The van der Waals surface area contributed by atoms with E-state index in [1.165, 1.54) is 18.4 Å². The maximum atomic E-state index is 11.9. The first kappa shape index (κ1) is 15.7. The Hall–Kier alpha value is -1.35. The van der Waals surface area contributed by atoms with E-state index >= 15 is 0 Å². The largest absolute Gasteiger partial charge is 0.300 e. The second-order valence-corrected chi connectivity index (χ2v) is 6.54. The van der Waals surface area contributed by atoms with Crippen LogP contribution in [0.4, 0.5) is 0 Å². The minimum absolute atomic E-state index is 0.136. The Labute approximate surface area is 115 Å². The molecule has 1 N–H and O–H groups in total. The molecule has 1 atom stereocenters. The zero-order valence-electron chi connectivity index (χ0n) is 11.8. The third kappa shape index (κ3) is 4.06. The summed E-state index contributed by atoms with van der Waals surface area (Å²) < 4.78 is 25.0. The van der Waals surface area contributed by atoms with E-state index < -0.39 is 10.0 Å². The molecule has 104 valence electrons. The molecule has 1 aromatic carbocycles. The summed E-state index contributed by atoms with van der Waals surface area (Å²) in [5.41, 5.74) is 1.04. The van der Waals surface area contributed by atoms with E-state index in [9.17, 15) is 8.42 Å². The van der Waals surface area contributed by atoms with Gasteiger partial charge in [0, 0.05) is 20.1 Å². The lowest BCUT2D eigenvalue weighted by molar-refractivity contribution is 0.520. The summed E-state index contributed by atoms with van der Waals surface area (Å²) in [5, 5.41) is 3.25. The summed E-state index contributed by atoms with van der Waals surface area (Å²) in [7, 11) is -0.300. The van der Waals surface area contributed by atoms with E-state index in [2.05, 4.69) is 17.2 Å². The fourth-order valence-corrected chi connectivity index (χ4v) is 2.45. The lowest BCUT2D eigenvalue weighted by Gasteiger charge is -2.14. The Morgan fingerprint density at radius 3 is 2.32 bits per heavy atom. The van der Waals surface area contributed by atoms with Crippen molar-refractivity contribution in [3.63, 3.8) is 0 Å². The zero-order valence-corrected chi connectivity index (χ0v) is 12.6. The van der Waals surface area contributed by atoms with Crippen LogP contribution in [0.5, 0.6) is 0 Å². The Morgan fingerprint density at radius 1 is 1.26 bits per heavy atom. The van der Waals surface area contributed by atoms with Crippen molar-refractivity contribution in [1.29, 1.82) is 0 Å². The first-order chi connectivity index (χ1) is 8.89. The van der Waals surface area contributed by atoms with Crippen molar-refractivity contribution in [3.05, 3.63) is 29.8 Å². The maximum Gasteiger partial charge on any atom is 0.242 e. The Morgan fingerprint density at radius 2 is 1.84 bits per heavy atom. The summed E-state index contributed by atoms with van der Waals surface area (Å²) >= 11 is 0. The molecule has 0 radical (unpaired) electrons. The third-order valence-corrected chi connectivity index (χ3v) is 4.66. The third-order valence-electron chi connectivity index (χ3n) is 2.83. The minimum Gasteiger partial charge on any atom is -0.300 e. The van der Waals surface area contributed by atoms with Crippen LogP contribution >= 0.6 is 0 Å². The number of hydrogen-bond donors (Lipinski definition) is 1. The van der Waals surface area contributed by atoms with E-state index in [4.69, 9.17) is 0 Å². The second-order valence-electron chi connectivity index (χ2n) is 4.39. The normalized spacial score (nSPS) is 12.9. The number of sulfonamides is 1. The average Bonchev–Trinajstić information content (AvgIpc) is 2.39. The molecule has 1 unspecified atom stereocenters. The maximum absolute atomic E-state index is 11.9. The molecule has 0 saturated carbocycles. The van der Waals surface area contributed by atoms with Gasteiger partial charge in [0.25, 0.3) is 0 Å². The molecular formula is C14H20N2O2S. The predicted octanol–water partition coefficient (Wildman–Crippen LogP) is 1.61. The van der Waals surface area contributed by atoms with Crippen molar-refractivity contribution in [1.82, 2.24) is 9.62 Å². The first-order valence-corrected chi connectivity index (χ1v) is 7.49. The number of nitrogens with zero attached hydrogens (tertiary/aromatic N) is 1. The van der Waals surface area contributed by atoms with E-state index in [1.807, 2.05) is 19.1 Å². The molecule has 4 nitrogen and oxygen atoms in total. The van der Waals surface area contributed by atoms with Gasteiger partial charge < -0.3 is 0 Å². The van der Waals surface area contributed by atoms with E-state index in [0.29, 0.717) is 11.4 Å². The summed E-state index contributed by atoms with van der Waals surface area (Å²) in [4.78, 5) is 0.307. The van der Waals surface area contributed by atoms with Gasteiger partial charge >= 0.3 is 0 Å². The molecule has 0 aliphatic heterocycles. The van der Waals surface area contributed by atoms with Gasteiger partial charge in [0.15, 0.2) is 0 Å². The summed E-state index contributed by atoms with van der Waals surface area (Å²) in [5.74, 6) is 5.75. The van der Waals surface area contributed by atoms with Gasteiger partial charge in [-0.1, -0.05) is 18.1 Å². The van der Waals surface area contributed by atoms with Crippen molar-refractivity contribution < 1.29 is 8.42 Å². The zero-order chi connectivity index (χ0) is 14.5. The summed E-state index contributed by atoms with van der Waals surface area (Å²) in [6, 6.07) is 7.06. The molecule has 0 spiro atoms. The number of nitrogens with one attached hydrogen (secondary N) is 1. The van der Waals surface area contributed by atoms with Crippen LogP contribution in [-0.4, -0.2) is 33.4 Å². The second kappa shape index (κ2) is 6.71. The van der Waals surface area contributed by atoms with E-state index in [1.54, 1.807) is 19.1 Å². The number of benzene rings is 1. The molecule has 0 fully saturated rings. The minimum atomic E-state index is -3.35. The highest BCUT2D eigenvalue weighted by molar-refractivity contribution is 7.89. The average molecular weight is 280 g/mol. The van der Waals surface area contributed by atoms with Gasteiger partial charge in [0.05, 0.1) is 11.4 Å². The Kier molecular flexibility index (Phi) is 5.55. The van der Waals surface area contributed by atoms with Gasteiger partial charge in [-0.25, -0.2) is 12.7 Å². The molecule has 0 aromatic heterocycles. The van der Waals surface area contributed by atoms with E-state index in [-0.39, 0.29) is 6.04 Å². The van der Waals surface area contributed by atoms with Crippen LogP contribution in [0, 0.1) is 11.8 Å². The fourth-order valence-electron chi connectivity index (χ4n) is 1.55. The highest BCUT2D eigenvalue weighted by atomic mass is 32.2. The van der Waals surface area contributed by atoms with Crippen molar-refractivity contribution in [3.8, 4) is 11.8 Å². The number of rotatable bonds is 5. The van der Waals surface area contributed by atoms with Gasteiger partial charge in [-0.2, -0.15) is 0 Å². The van der Waals surface area contributed by atoms with Crippen LogP contribution in [0.3, 0.4) is 0 Å². The highest BCUT2D eigenvalue weighted by Gasteiger charge is 2.17. The Bertz CT molecular complexity index is 566. The van der Waals surface area contributed by atoms with Gasteiger partial charge in [0.1, 0.15) is 0 Å². The van der Waals surface area contributed by atoms with Crippen molar-refractivity contribution in [2.24, 2.45) is 0 Å². The van der Waals surface area contributed by atoms with Crippen LogP contribution in [0.25, 0.3) is 0 Å².